The van der Waals surface area contributed by atoms with Gasteiger partial charge in [0, 0.05) is 29.9 Å². The van der Waals surface area contributed by atoms with Crippen LogP contribution in [0.1, 0.15) is 41.3 Å². The van der Waals surface area contributed by atoms with Gasteiger partial charge in [-0.05, 0) is 73.3 Å². The third-order valence-electron chi connectivity index (χ3n) is 7.02. The molecule has 1 fully saturated rings. The summed E-state index contributed by atoms with van der Waals surface area (Å²) >= 11 is 0. The molecule has 1 saturated heterocycles. The van der Waals surface area contributed by atoms with Crippen LogP contribution < -0.4 is 10.2 Å². The van der Waals surface area contributed by atoms with Gasteiger partial charge in [0.2, 0.25) is 5.91 Å². The SMILES string of the molecule is CC1CCN(Cc2ccc(NC(=O)C3Cc4ccccc4N3C(=O)c3ccccc3)cc2)CC1. The van der Waals surface area contributed by atoms with Crippen LogP contribution in [-0.2, 0) is 17.8 Å². The normalized spacial score (nSPS) is 18.5. The molecule has 2 amide bonds. The van der Waals surface area contributed by atoms with Crippen LogP contribution in [0.25, 0.3) is 0 Å². The Labute approximate surface area is 201 Å². The topological polar surface area (TPSA) is 52.7 Å². The lowest BCUT2D eigenvalue weighted by molar-refractivity contribution is -0.117. The molecule has 5 heteroatoms. The van der Waals surface area contributed by atoms with Gasteiger partial charge in [-0.2, -0.15) is 0 Å². The Hall–Kier alpha value is -3.44. The maximum atomic E-state index is 13.4. The van der Waals surface area contributed by atoms with Crippen molar-refractivity contribution in [3.05, 3.63) is 95.6 Å². The molecule has 0 saturated carbocycles. The zero-order valence-electron chi connectivity index (χ0n) is 19.6. The van der Waals surface area contributed by atoms with Crippen LogP contribution in [0.2, 0.25) is 0 Å². The van der Waals surface area contributed by atoms with Gasteiger partial charge in [0.25, 0.3) is 5.91 Å². The number of likely N-dealkylation sites (tertiary alicyclic amines) is 1. The Bertz CT molecular complexity index is 1150. The predicted octanol–water partition coefficient (Wildman–Crippen LogP) is 5.13. The van der Waals surface area contributed by atoms with Crippen molar-refractivity contribution in [2.75, 3.05) is 23.3 Å². The zero-order chi connectivity index (χ0) is 23.5. The molecule has 0 spiro atoms. The van der Waals surface area contributed by atoms with Crippen molar-refractivity contribution >= 4 is 23.2 Å². The molecule has 1 N–H and O–H groups in total. The van der Waals surface area contributed by atoms with E-state index in [1.807, 2.05) is 54.6 Å². The summed E-state index contributed by atoms with van der Waals surface area (Å²) in [5.41, 5.74) is 4.40. The van der Waals surface area contributed by atoms with E-state index < -0.39 is 6.04 Å². The minimum atomic E-state index is -0.583. The van der Waals surface area contributed by atoms with Crippen LogP contribution in [0.3, 0.4) is 0 Å². The number of piperidine rings is 1. The first-order valence-electron chi connectivity index (χ1n) is 12.2. The number of para-hydroxylation sites is 1. The van der Waals surface area contributed by atoms with Crippen LogP contribution in [0.5, 0.6) is 0 Å². The van der Waals surface area contributed by atoms with Gasteiger partial charge in [-0.3, -0.25) is 19.4 Å². The van der Waals surface area contributed by atoms with Gasteiger partial charge in [-0.15, -0.1) is 0 Å². The van der Waals surface area contributed by atoms with Crippen LogP contribution in [0.4, 0.5) is 11.4 Å². The molecule has 2 aliphatic rings. The first-order chi connectivity index (χ1) is 16.6. The lowest BCUT2D eigenvalue weighted by Gasteiger charge is -2.30. The molecule has 0 aromatic heterocycles. The highest BCUT2D eigenvalue weighted by molar-refractivity contribution is 6.13. The van der Waals surface area contributed by atoms with Crippen molar-refractivity contribution in [3.8, 4) is 0 Å². The molecule has 2 aliphatic heterocycles. The fraction of sp³-hybridized carbons (Fsp3) is 0.310. The number of fused-ring (bicyclic) bond motifs is 1. The summed E-state index contributed by atoms with van der Waals surface area (Å²) in [6.45, 7) is 5.56. The number of carbonyl (C=O) groups excluding carboxylic acids is 2. The van der Waals surface area contributed by atoms with E-state index in [4.69, 9.17) is 0 Å². The maximum Gasteiger partial charge on any atom is 0.259 e. The van der Waals surface area contributed by atoms with E-state index in [-0.39, 0.29) is 11.8 Å². The molecule has 3 aromatic rings. The van der Waals surface area contributed by atoms with Crippen molar-refractivity contribution in [3.63, 3.8) is 0 Å². The molecular formula is C29H31N3O2. The summed E-state index contributed by atoms with van der Waals surface area (Å²) in [5, 5.41) is 3.05. The Morgan fingerprint density at radius 2 is 1.56 bits per heavy atom. The van der Waals surface area contributed by atoms with E-state index in [1.54, 1.807) is 17.0 Å². The minimum Gasteiger partial charge on any atom is -0.324 e. The molecular weight excluding hydrogens is 422 g/mol. The zero-order valence-corrected chi connectivity index (χ0v) is 19.6. The third kappa shape index (κ3) is 4.75. The van der Waals surface area contributed by atoms with Crippen molar-refractivity contribution in [1.82, 2.24) is 4.90 Å². The van der Waals surface area contributed by atoms with Crippen molar-refractivity contribution < 1.29 is 9.59 Å². The Kier molecular flexibility index (Phi) is 6.45. The largest absolute Gasteiger partial charge is 0.324 e. The average Bonchev–Trinajstić information content (AvgIpc) is 3.26. The Balaban J connectivity index is 1.29. The number of amides is 2. The lowest BCUT2D eigenvalue weighted by Crippen LogP contribution is -2.45. The highest BCUT2D eigenvalue weighted by Gasteiger charge is 2.38. The summed E-state index contributed by atoms with van der Waals surface area (Å²) in [7, 11) is 0. The second-order valence-corrected chi connectivity index (χ2v) is 9.53. The van der Waals surface area contributed by atoms with Gasteiger partial charge in [0.15, 0.2) is 0 Å². The molecule has 0 aliphatic carbocycles. The van der Waals surface area contributed by atoms with Crippen molar-refractivity contribution in [2.45, 2.75) is 38.8 Å². The number of anilines is 2. The molecule has 34 heavy (non-hydrogen) atoms. The molecule has 0 radical (unpaired) electrons. The Morgan fingerprint density at radius 1 is 0.882 bits per heavy atom. The molecule has 1 atom stereocenters. The van der Waals surface area contributed by atoms with Crippen LogP contribution in [0, 0.1) is 5.92 Å². The van der Waals surface area contributed by atoms with Crippen LogP contribution in [0.15, 0.2) is 78.9 Å². The monoisotopic (exact) mass is 453 g/mol. The van der Waals surface area contributed by atoms with Gasteiger partial charge in [-0.25, -0.2) is 0 Å². The minimum absolute atomic E-state index is 0.156. The van der Waals surface area contributed by atoms with E-state index in [9.17, 15) is 9.59 Å². The third-order valence-corrected chi connectivity index (χ3v) is 7.02. The maximum absolute atomic E-state index is 13.4. The quantitative estimate of drug-likeness (QED) is 0.583. The van der Waals surface area contributed by atoms with Crippen molar-refractivity contribution in [1.29, 1.82) is 0 Å². The summed E-state index contributed by atoms with van der Waals surface area (Å²) in [4.78, 5) is 30.9. The number of hydrogen-bond acceptors (Lipinski definition) is 3. The molecule has 5 rings (SSSR count). The fourth-order valence-corrected chi connectivity index (χ4v) is 4.96. The standard InChI is InChI=1S/C29H31N3O2/c1-21-15-17-31(18-16-21)20-22-11-13-25(14-12-22)30-28(33)27-19-24-9-5-6-10-26(24)32(27)29(34)23-7-3-2-4-8-23/h2-14,21,27H,15-20H2,1H3,(H,30,33). The molecule has 2 heterocycles. The van der Waals surface area contributed by atoms with Crippen LogP contribution in [-0.4, -0.2) is 35.8 Å². The molecule has 3 aromatic carbocycles. The average molecular weight is 454 g/mol. The van der Waals surface area contributed by atoms with E-state index in [0.717, 1.165) is 42.5 Å². The predicted molar refractivity (Wildman–Crippen MR) is 136 cm³/mol. The highest BCUT2D eigenvalue weighted by Crippen LogP contribution is 2.34. The van der Waals surface area contributed by atoms with Gasteiger partial charge >= 0.3 is 0 Å². The molecule has 174 valence electrons. The van der Waals surface area contributed by atoms with Gasteiger partial charge in [0.05, 0.1) is 0 Å². The number of rotatable bonds is 5. The summed E-state index contributed by atoms with van der Waals surface area (Å²) in [6.07, 6.45) is 3.03. The second kappa shape index (κ2) is 9.82. The first-order valence-corrected chi connectivity index (χ1v) is 12.2. The van der Waals surface area contributed by atoms with Crippen molar-refractivity contribution in [2.24, 2.45) is 5.92 Å². The summed E-state index contributed by atoms with van der Waals surface area (Å²) in [5.74, 6) is 0.499. The molecule has 0 bridgehead atoms. The van der Waals surface area contributed by atoms with Gasteiger partial charge < -0.3 is 5.32 Å². The second-order valence-electron chi connectivity index (χ2n) is 9.53. The lowest BCUT2D eigenvalue weighted by atomic mass is 9.99. The number of nitrogens with zero attached hydrogens (tertiary/aromatic N) is 2. The number of carbonyl (C=O) groups is 2. The summed E-state index contributed by atoms with van der Waals surface area (Å²) < 4.78 is 0. The summed E-state index contributed by atoms with van der Waals surface area (Å²) in [6, 6.07) is 24.4. The first kappa shape index (κ1) is 22.4. The van der Waals surface area contributed by atoms with E-state index in [0.29, 0.717) is 12.0 Å². The van der Waals surface area contributed by atoms with E-state index >= 15 is 0 Å². The molecule has 1 unspecified atom stereocenters. The number of hydrogen-bond donors (Lipinski definition) is 1. The highest BCUT2D eigenvalue weighted by atomic mass is 16.2. The van der Waals surface area contributed by atoms with Crippen LogP contribution >= 0.6 is 0 Å². The van der Waals surface area contributed by atoms with Gasteiger partial charge in [-0.1, -0.05) is 55.5 Å². The van der Waals surface area contributed by atoms with E-state index in [1.165, 1.54) is 18.4 Å². The number of nitrogens with one attached hydrogen (secondary N) is 1. The van der Waals surface area contributed by atoms with E-state index in [2.05, 4.69) is 29.3 Å². The van der Waals surface area contributed by atoms with Gasteiger partial charge in [0.1, 0.15) is 6.04 Å². The Morgan fingerprint density at radius 3 is 2.29 bits per heavy atom. The molecule has 5 nitrogen and oxygen atoms in total. The number of benzene rings is 3. The smallest absolute Gasteiger partial charge is 0.259 e. The fourth-order valence-electron chi connectivity index (χ4n) is 4.96.